The zero-order valence-corrected chi connectivity index (χ0v) is 18.6. The van der Waals surface area contributed by atoms with E-state index in [1.807, 2.05) is 28.7 Å². The lowest BCUT2D eigenvalue weighted by Gasteiger charge is -2.37. The summed E-state index contributed by atoms with van der Waals surface area (Å²) in [5.41, 5.74) is 0.874. The second-order valence-corrected chi connectivity index (χ2v) is 10.1. The van der Waals surface area contributed by atoms with Crippen molar-refractivity contribution in [2.75, 3.05) is 38.1 Å². The molecule has 2 saturated heterocycles. The predicted molar refractivity (Wildman–Crippen MR) is 125 cm³/mol. The van der Waals surface area contributed by atoms with Crippen LogP contribution in [0.3, 0.4) is 0 Å². The smallest absolute Gasteiger partial charge is 0.342 e. The van der Waals surface area contributed by atoms with Crippen LogP contribution in [0.2, 0.25) is 0 Å². The number of pyridine rings is 1. The molecular formula is C23H23N5O3S. The molecule has 164 valence electrons. The van der Waals surface area contributed by atoms with E-state index in [0.29, 0.717) is 21.8 Å². The van der Waals surface area contributed by atoms with Crippen molar-refractivity contribution >= 4 is 49.3 Å². The van der Waals surface area contributed by atoms with E-state index in [1.54, 1.807) is 0 Å². The number of anilines is 1. The number of piperidine rings is 1. The molecular weight excluding hydrogens is 426 g/mol. The number of aromatic nitrogens is 3. The fourth-order valence-corrected chi connectivity index (χ4v) is 6.41. The SMILES string of the molecule is CN1CCC2(CC1)CCN(c1ncc3c(=O)c(C(=O)O)c4sc5ccccc5n4c3n1)C2. The molecule has 6 rings (SSSR count). The van der Waals surface area contributed by atoms with Gasteiger partial charge in [-0.15, -0.1) is 11.3 Å². The third-order valence-electron chi connectivity index (χ3n) is 7.15. The molecule has 0 saturated carbocycles. The van der Waals surface area contributed by atoms with Crippen molar-refractivity contribution in [3.05, 3.63) is 46.2 Å². The highest BCUT2D eigenvalue weighted by molar-refractivity contribution is 7.24. The third kappa shape index (κ3) is 2.84. The number of para-hydroxylation sites is 1. The number of nitrogens with zero attached hydrogens (tertiary/aromatic N) is 5. The average molecular weight is 450 g/mol. The van der Waals surface area contributed by atoms with Gasteiger partial charge in [-0.25, -0.2) is 9.78 Å². The van der Waals surface area contributed by atoms with Crippen LogP contribution in [0.25, 0.3) is 26.1 Å². The number of carboxylic acids is 1. The zero-order chi connectivity index (χ0) is 22.0. The van der Waals surface area contributed by atoms with Gasteiger partial charge in [0.25, 0.3) is 0 Å². The number of rotatable bonds is 2. The number of thiazole rings is 1. The molecule has 0 aliphatic carbocycles. The van der Waals surface area contributed by atoms with Crippen molar-refractivity contribution < 1.29 is 9.90 Å². The van der Waals surface area contributed by atoms with Crippen LogP contribution < -0.4 is 10.3 Å². The summed E-state index contributed by atoms with van der Waals surface area (Å²) in [6, 6.07) is 7.68. The molecule has 1 aromatic carbocycles. The summed E-state index contributed by atoms with van der Waals surface area (Å²) in [4.78, 5) is 39.4. The fourth-order valence-electron chi connectivity index (χ4n) is 5.23. The monoisotopic (exact) mass is 449 g/mol. The quantitative estimate of drug-likeness (QED) is 0.503. The van der Waals surface area contributed by atoms with Gasteiger partial charge < -0.3 is 14.9 Å². The normalized spacial score (nSPS) is 19.0. The number of likely N-dealkylation sites (tertiary alicyclic amines) is 1. The van der Waals surface area contributed by atoms with Crippen LogP contribution in [0.4, 0.5) is 5.95 Å². The van der Waals surface area contributed by atoms with Crippen molar-refractivity contribution in [2.24, 2.45) is 5.41 Å². The Kier molecular flexibility index (Phi) is 4.28. The molecule has 0 radical (unpaired) electrons. The van der Waals surface area contributed by atoms with Gasteiger partial charge >= 0.3 is 5.97 Å². The van der Waals surface area contributed by atoms with Gasteiger partial charge in [-0.3, -0.25) is 9.20 Å². The molecule has 0 amide bonds. The standard InChI is InChI=1S/C23H23N5O3S/c1-26-9-6-23(7-10-26)8-11-27(13-23)22-24-12-14-18(29)17(21(30)31)20-28(19(14)25-22)15-4-2-3-5-16(15)32-20/h2-5,12H,6-11,13H2,1H3,(H,30,31). The highest BCUT2D eigenvalue weighted by Crippen LogP contribution is 2.41. The van der Waals surface area contributed by atoms with Crippen LogP contribution in [-0.4, -0.2) is 63.6 Å². The molecule has 5 heterocycles. The Morgan fingerprint density at radius 2 is 1.91 bits per heavy atom. The molecule has 3 aromatic heterocycles. The van der Waals surface area contributed by atoms with E-state index in [-0.39, 0.29) is 10.9 Å². The minimum Gasteiger partial charge on any atom is -0.477 e. The highest BCUT2D eigenvalue weighted by atomic mass is 32.1. The first-order chi connectivity index (χ1) is 15.5. The minimum atomic E-state index is -1.23. The van der Waals surface area contributed by atoms with Crippen LogP contribution >= 0.6 is 11.3 Å². The Hall–Kier alpha value is -3.04. The van der Waals surface area contributed by atoms with Crippen molar-refractivity contribution in [1.29, 1.82) is 0 Å². The van der Waals surface area contributed by atoms with Crippen LogP contribution in [0, 0.1) is 5.41 Å². The summed E-state index contributed by atoms with van der Waals surface area (Å²) in [5, 5.41) is 10.0. The van der Waals surface area contributed by atoms with Gasteiger partial charge in [0.05, 0.1) is 15.6 Å². The minimum absolute atomic E-state index is 0.221. The largest absolute Gasteiger partial charge is 0.477 e. The summed E-state index contributed by atoms with van der Waals surface area (Å²) in [6.45, 7) is 4.04. The van der Waals surface area contributed by atoms with E-state index < -0.39 is 11.4 Å². The predicted octanol–water partition coefficient (Wildman–Crippen LogP) is 3.08. The third-order valence-corrected chi connectivity index (χ3v) is 8.30. The van der Waals surface area contributed by atoms with E-state index in [1.165, 1.54) is 30.4 Å². The van der Waals surface area contributed by atoms with Crippen molar-refractivity contribution in [1.82, 2.24) is 19.3 Å². The van der Waals surface area contributed by atoms with Gasteiger partial charge in [-0.05, 0) is 56.9 Å². The first-order valence-corrected chi connectivity index (χ1v) is 11.7. The second-order valence-electron chi connectivity index (χ2n) is 9.10. The van der Waals surface area contributed by atoms with Crippen LogP contribution in [0.15, 0.2) is 35.3 Å². The molecule has 8 nitrogen and oxygen atoms in total. The van der Waals surface area contributed by atoms with Gasteiger partial charge in [-0.2, -0.15) is 4.98 Å². The topological polar surface area (TPSA) is 91.0 Å². The van der Waals surface area contributed by atoms with Crippen LogP contribution in [-0.2, 0) is 0 Å². The maximum absolute atomic E-state index is 13.1. The number of carboxylic acid groups (broad SMARTS) is 1. The molecule has 2 aliphatic rings. The first-order valence-electron chi connectivity index (χ1n) is 10.9. The van der Waals surface area contributed by atoms with E-state index in [2.05, 4.69) is 21.8 Å². The molecule has 0 atom stereocenters. The number of hydrogen-bond acceptors (Lipinski definition) is 7. The Labute approximate surface area is 187 Å². The fraction of sp³-hybridized carbons (Fsp3) is 0.391. The average Bonchev–Trinajstić information content (AvgIpc) is 3.37. The number of benzene rings is 1. The molecule has 32 heavy (non-hydrogen) atoms. The van der Waals surface area contributed by atoms with Crippen LogP contribution in [0.5, 0.6) is 0 Å². The summed E-state index contributed by atoms with van der Waals surface area (Å²) in [6.07, 6.45) is 4.98. The summed E-state index contributed by atoms with van der Waals surface area (Å²) in [7, 11) is 2.17. The lowest BCUT2D eigenvalue weighted by molar-refractivity contribution is 0.0697. The maximum atomic E-state index is 13.1. The van der Waals surface area contributed by atoms with Gasteiger partial charge in [0.1, 0.15) is 10.4 Å². The molecule has 2 fully saturated rings. The van der Waals surface area contributed by atoms with E-state index in [4.69, 9.17) is 4.98 Å². The molecule has 0 bridgehead atoms. The number of hydrogen-bond donors (Lipinski definition) is 1. The molecule has 9 heteroatoms. The number of fused-ring (bicyclic) bond motifs is 5. The van der Waals surface area contributed by atoms with Crippen molar-refractivity contribution in [2.45, 2.75) is 19.3 Å². The second kappa shape index (κ2) is 6.98. The van der Waals surface area contributed by atoms with E-state index >= 15 is 0 Å². The lowest BCUT2D eigenvalue weighted by atomic mass is 9.78. The molecule has 1 spiro atoms. The molecule has 2 aliphatic heterocycles. The lowest BCUT2D eigenvalue weighted by Crippen LogP contribution is -2.39. The molecule has 1 N–H and O–H groups in total. The van der Waals surface area contributed by atoms with Crippen molar-refractivity contribution in [3.8, 4) is 0 Å². The Balaban J connectivity index is 1.53. The Morgan fingerprint density at radius 1 is 1.16 bits per heavy atom. The summed E-state index contributed by atoms with van der Waals surface area (Å²) < 4.78 is 2.72. The Morgan fingerprint density at radius 3 is 2.69 bits per heavy atom. The molecule has 0 unspecified atom stereocenters. The number of carbonyl (C=O) groups is 1. The Bertz CT molecular complexity index is 1450. The van der Waals surface area contributed by atoms with Gasteiger partial charge in [0.15, 0.2) is 5.65 Å². The summed E-state index contributed by atoms with van der Waals surface area (Å²) >= 11 is 1.30. The zero-order valence-electron chi connectivity index (χ0n) is 17.7. The van der Waals surface area contributed by atoms with Gasteiger partial charge in [-0.1, -0.05) is 12.1 Å². The molecule has 4 aromatic rings. The summed E-state index contributed by atoms with van der Waals surface area (Å²) in [5.74, 6) is -0.617. The van der Waals surface area contributed by atoms with Gasteiger partial charge in [0, 0.05) is 19.3 Å². The van der Waals surface area contributed by atoms with Gasteiger partial charge in [0.2, 0.25) is 11.4 Å². The highest BCUT2D eigenvalue weighted by Gasteiger charge is 2.41. The first kappa shape index (κ1) is 19.6. The maximum Gasteiger partial charge on any atom is 0.342 e. The van der Waals surface area contributed by atoms with Crippen molar-refractivity contribution in [3.63, 3.8) is 0 Å². The number of aromatic carboxylic acids is 1. The van der Waals surface area contributed by atoms with E-state index in [9.17, 15) is 14.7 Å². The van der Waals surface area contributed by atoms with E-state index in [0.717, 1.165) is 42.8 Å². The van der Waals surface area contributed by atoms with Crippen LogP contribution in [0.1, 0.15) is 29.6 Å².